The van der Waals surface area contributed by atoms with Gasteiger partial charge >= 0.3 is 0 Å². The monoisotopic (exact) mass is 394 g/mol. The second kappa shape index (κ2) is 7.11. The van der Waals surface area contributed by atoms with Crippen molar-refractivity contribution in [2.24, 2.45) is 16.6 Å². The van der Waals surface area contributed by atoms with E-state index in [1.54, 1.807) is 6.20 Å². The van der Waals surface area contributed by atoms with Crippen LogP contribution in [0.5, 0.6) is 0 Å². The molecule has 1 aliphatic carbocycles. The lowest BCUT2D eigenvalue weighted by Crippen LogP contribution is -2.42. The van der Waals surface area contributed by atoms with Gasteiger partial charge in [0.15, 0.2) is 11.7 Å². The first-order valence-electron chi connectivity index (χ1n) is 9.97. The van der Waals surface area contributed by atoms with Crippen molar-refractivity contribution < 1.29 is 9.18 Å². The van der Waals surface area contributed by atoms with E-state index >= 15 is 4.39 Å². The summed E-state index contributed by atoms with van der Waals surface area (Å²) >= 11 is 0. The van der Waals surface area contributed by atoms with Crippen LogP contribution in [0.2, 0.25) is 0 Å². The molecule has 0 saturated carbocycles. The lowest BCUT2D eigenvalue weighted by Gasteiger charge is -2.30. The molecule has 1 saturated heterocycles. The number of fused-ring (bicyclic) bond motifs is 2. The molecule has 0 spiro atoms. The number of carbonyl (C=O) groups is 1. The van der Waals surface area contributed by atoms with Gasteiger partial charge in [-0.05, 0) is 37.0 Å². The quantitative estimate of drug-likeness (QED) is 0.692. The molecule has 2 aliphatic heterocycles. The largest absolute Gasteiger partial charge is 0.358 e. The Morgan fingerprint density at radius 2 is 2.28 bits per heavy atom. The minimum Gasteiger partial charge on any atom is -0.358 e. The smallest absolute Gasteiger partial charge is 0.230 e. The SMILES string of the molecule is N[C@H]1CCCC=C1CN=C1NC(c2cnc3ccccn23)C2C(=O)NCC2=C1F. The third-order valence-electron chi connectivity index (χ3n) is 6.01. The first-order valence-corrected chi connectivity index (χ1v) is 9.97. The predicted molar refractivity (Wildman–Crippen MR) is 108 cm³/mol. The number of pyridine rings is 1. The molecule has 3 atom stereocenters. The molecule has 8 heteroatoms. The Labute approximate surface area is 167 Å². The predicted octanol–water partition coefficient (Wildman–Crippen LogP) is 1.78. The maximum atomic E-state index is 15.2. The van der Waals surface area contributed by atoms with Gasteiger partial charge in [-0.1, -0.05) is 12.1 Å². The van der Waals surface area contributed by atoms with Crippen molar-refractivity contribution in [2.75, 3.05) is 13.1 Å². The zero-order valence-electron chi connectivity index (χ0n) is 15.9. The summed E-state index contributed by atoms with van der Waals surface area (Å²) in [6.07, 6.45) is 8.72. The maximum Gasteiger partial charge on any atom is 0.230 e. The van der Waals surface area contributed by atoms with E-state index < -0.39 is 17.8 Å². The van der Waals surface area contributed by atoms with Crippen LogP contribution in [-0.4, -0.2) is 40.3 Å². The number of aromatic nitrogens is 2. The summed E-state index contributed by atoms with van der Waals surface area (Å²) in [5, 5.41) is 5.95. The van der Waals surface area contributed by atoms with Crippen LogP contribution in [0.4, 0.5) is 4.39 Å². The number of hydrogen-bond donors (Lipinski definition) is 3. The Balaban J connectivity index is 1.53. The van der Waals surface area contributed by atoms with Gasteiger partial charge in [-0.25, -0.2) is 9.37 Å². The highest BCUT2D eigenvalue weighted by atomic mass is 19.1. The highest BCUT2D eigenvalue weighted by Gasteiger charge is 2.45. The normalized spacial score (nSPS) is 28.3. The average Bonchev–Trinajstić information content (AvgIpc) is 3.33. The molecule has 150 valence electrons. The zero-order valence-corrected chi connectivity index (χ0v) is 15.9. The van der Waals surface area contributed by atoms with E-state index in [1.807, 2.05) is 28.8 Å². The number of imidazole rings is 1. The number of aliphatic imine (C=N–C) groups is 1. The number of amidine groups is 1. The Hall–Kier alpha value is -3.00. The van der Waals surface area contributed by atoms with E-state index in [-0.39, 0.29) is 24.3 Å². The van der Waals surface area contributed by atoms with Gasteiger partial charge in [0.05, 0.1) is 30.4 Å². The molecule has 0 radical (unpaired) electrons. The number of amides is 1. The number of nitrogens with two attached hydrogens (primary N) is 1. The highest BCUT2D eigenvalue weighted by Crippen LogP contribution is 2.37. The van der Waals surface area contributed by atoms with Crippen LogP contribution in [0.3, 0.4) is 0 Å². The van der Waals surface area contributed by atoms with Gasteiger partial charge in [-0.2, -0.15) is 0 Å². The van der Waals surface area contributed by atoms with Crippen molar-refractivity contribution in [2.45, 2.75) is 31.3 Å². The van der Waals surface area contributed by atoms with Crippen molar-refractivity contribution in [3.8, 4) is 0 Å². The van der Waals surface area contributed by atoms with Gasteiger partial charge in [-0.15, -0.1) is 0 Å². The second-order valence-corrected chi connectivity index (χ2v) is 7.75. The molecule has 3 aliphatic rings. The first kappa shape index (κ1) is 18.1. The molecule has 0 aromatic carbocycles. The second-order valence-electron chi connectivity index (χ2n) is 7.75. The molecule has 1 fully saturated rings. The lowest BCUT2D eigenvalue weighted by atomic mass is 9.87. The summed E-state index contributed by atoms with van der Waals surface area (Å²) in [6, 6.07) is 5.23. The van der Waals surface area contributed by atoms with E-state index in [0.717, 1.165) is 36.2 Å². The molecule has 29 heavy (non-hydrogen) atoms. The van der Waals surface area contributed by atoms with E-state index in [2.05, 4.69) is 26.7 Å². The van der Waals surface area contributed by atoms with Crippen molar-refractivity contribution in [3.05, 3.63) is 59.3 Å². The summed E-state index contributed by atoms with van der Waals surface area (Å²) < 4.78 is 17.1. The van der Waals surface area contributed by atoms with Crippen LogP contribution < -0.4 is 16.4 Å². The zero-order chi connectivity index (χ0) is 20.0. The topological polar surface area (TPSA) is 96.8 Å². The number of halogens is 1. The minimum atomic E-state index is -0.620. The standard InChI is InChI=1S/C21H23FN6O/c22-18-13-10-26-21(29)17(13)19(15-11-24-16-7-3-4-8-28(15)16)27-20(18)25-9-12-5-1-2-6-14(12)23/h3-5,7-8,11,14,17,19H,1-2,6,9-10,23H2,(H,25,27)(H,26,29)/t14-,17?,19?/m0/s1. The number of nitrogens with zero attached hydrogens (tertiary/aromatic N) is 3. The van der Waals surface area contributed by atoms with Crippen molar-refractivity contribution in [1.29, 1.82) is 0 Å². The number of carbonyl (C=O) groups excluding carboxylic acids is 1. The van der Waals surface area contributed by atoms with Gasteiger partial charge < -0.3 is 20.8 Å². The van der Waals surface area contributed by atoms with E-state index in [1.165, 1.54) is 0 Å². The number of hydrogen-bond acceptors (Lipinski definition) is 4. The maximum absolute atomic E-state index is 15.2. The molecule has 5 rings (SSSR count). The van der Waals surface area contributed by atoms with Gasteiger partial charge in [0, 0.05) is 24.4 Å². The van der Waals surface area contributed by atoms with Crippen LogP contribution in [-0.2, 0) is 4.79 Å². The fourth-order valence-electron chi connectivity index (χ4n) is 4.43. The van der Waals surface area contributed by atoms with Gasteiger partial charge in [0.2, 0.25) is 5.91 Å². The van der Waals surface area contributed by atoms with Crippen LogP contribution in [0.25, 0.3) is 5.65 Å². The third-order valence-corrected chi connectivity index (χ3v) is 6.01. The first-order chi connectivity index (χ1) is 14.1. The van der Waals surface area contributed by atoms with Crippen LogP contribution in [0, 0.1) is 5.92 Å². The number of nitrogens with one attached hydrogen (secondary N) is 2. The molecule has 1 amide bonds. The van der Waals surface area contributed by atoms with Crippen LogP contribution >= 0.6 is 0 Å². The molecule has 0 bridgehead atoms. The van der Waals surface area contributed by atoms with Crippen LogP contribution in [0.15, 0.2) is 58.6 Å². The van der Waals surface area contributed by atoms with E-state index in [9.17, 15) is 4.79 Å². The van der Waals surface area contributed by atoms with Crippen LogP contribution in [0.1, 0.15) is 31.0 Å². The molecule has 4 heterocycles. The summed E-state index contributed by atoms with van der Waals surface area (Å²) in [5.41, 5.74) is 9.23. The van der Waals surface area contributed by atoms with E-state index in [4.69, 9.17) is 5.73 Å². The van der Waals surface area contributed by atoms with E-state index in [0.29, 0.717) is 12.1 Å². The highest BCUT2D eigenvalue weighted by molar-refractivity contribution is 6.02. The Morgan fingerprint density at radius 3 is 3.14 bits per heavy atom. The molecule has 2 aromatic rings. The lowest BCUT2D eigenvalue weighted by molar-refractivity contribution is -0.122. The Bertz CT molecular complexity index is 1070. The fourth-order valence-corrected chi connectivity index (χ4v) is 4.43. The average molecular weight is 394 g/mol. The summed E-state index contributed by atoms with van der Waals surface area (Å²) in [6.45, 7) is 0.557. The van der Waals surface area contributed by atoms with Crippen molar-refractivity contribution in [1.82, 2.24) is 20.0 Å². The summed E-state index contributed by atoms with van der Waals surface area (Å²) in [5.74, 6) is -1.06. The van der Waals surface area contributed by atoms with Crippen molar-refractivity contribution >= 4 is 17.4 Å². The fraction of sp³-hybridized carbons (Fsp3) is 0.381. The number of rotatable bonds is 3. The molecule has 2 aromatic heterocycles. The Kier molecular flexibility index (Phi) is 4.43. The van der Waals surface area contributed by atoms with Gasteiger partial charge in [0.25, 0.3) is 0 Å². The molecular formula is C21H23FN6O. The Morgan fingerprint density at radius 1 is 1.38 bits per heavy atom. The molecule has 2 unspecified atom stereocenters. The molecular weight excluding hydrogens is 371 g/mol. The van der Waals surface area contributed by atoms with Gasteiger partial charge in [0.1, 0.15) is 5.65 Å². The van der Waals surface area contributed by atoms with Crippen molar-refractivity contribution in [3.63, 3.8) is 0 Å². The minimum absolute atomic E-state index is 0.0237. The summed E-state index contributed by atoms with van der Waals surface area (Å²) in [4.78, 5) is 21.4. The molecule has 4 N–H and O–H groups in total. The summed E-state index contributed by atoms with van der Waals surface area (Å²) in [7, 11) is 0. The molecule has 7 nitrogen and oxygen atoms in total. The van der Waals surface area contributed by atoms with Gasteiger partial charge in [-0.3, -0.25) is 9.79 Å². The third kappa shape index (κ3) is 3.04. The number of allylic oxidation sites excluding steroid dienone is 1.